The Kier molecular flexibility index (Phi) is 7.16. The molecule has 4 rings (SSSR count). The summed E-state index contributed by atoms with van der Waals surface area (Å²) in [5, 5.41) is 12.4. The molecule has 0 saturated heterocycles. The van der Waals surface area contributed by atoms with E-state index in [1.807, 2.05) is 0 Å². The Bertz CT molecular complexity index is 1580. The zero-order chi connectivity index (χ0) is 26.0. The summed E-state index contributed by atoms with van der Waals surface area (Å²) in [4.78, 5) is 20.6. The number of alkyl halides is 1. The number of hydrogen-bond donors (Lipinski definition) is 3. The SMILES string of the molecule is Cc1nc(C(=O)Nc2cc(-c3cnc(Cl)c(C(F)S(=O)(=O)c4ccccc4)c3)cc(N)c2C=N)cs1. The number of benzene rings is 2. The van der Waals surface area contributed by atoms with Crippen molar-refractivity contribution >= 4 is 56.3 Å². The van der Waals surface area contributed by atoms with Crippen LogP contribution in [0.4, 0.5) is 15.8 Å². The highest BCUT2D eigenvalue weighted by Gasteiger charge is 2.31. The van der Waals surface area contributed by atoms with Gasteiger partial charge in [-0.05, 0) is 42.8 Å². The molecule has 8 nitrogen and oxygen atoms in total. The lowest BCUT2D eigenvalue weighted by molar-refractivity contribution is 0.102. The molecule has 36 heavy (non-hydrogen) atoms. The Morgan fingerprint density at radius 3 is 2.58 bits per heavy atom. The van der Waals surface area contributed by atoms with Gasteiger partial charge < -0.3 is 16.5 Å². The monoisotopic (exact) mass is 543 g/mol. The van der Waals surface area contributed by atoms with Crippen LogP contribution in [-0.4, -0.2) is 30.5 Å². The molecule has 2 aromatic carbocycles. The van der Waals surface area contributed by atoms with E-state index in [4.69, 9.17) is 22.7 Å². The Balaban J connectivity index is 1.75. The van der Waals surface area contributed by atoms with E-state index in [2.05, 4.69) is 15.3 Å². The van der Waals surface area contributed by atoms with Crippen LogP contribution < -0.4 is 11.1 Å². The maximum Gasteiger partial charge on any atom is 0.275 e. The highest BCUT2D eigenvalue weighted by Crippen LogP contribution is 2.37. The minimum Gasteiger partial charge on any atom is -0.398 e. The molecule has 2 aromatic heterocycles. The van der Waals surface area contributed by atoms with Gasteiger partial charge in [0.1, 0.15) is 10.8 Å². The zero-order valence-corrected chi connectivity index (χ0v) is 21.1. The van der Waals surface area contributed by atoms with Crippen LogP contribution in [0, 0.1) is 12.3 Å². The normalized spacial score (nSPS) is 12.2. The van der Waals surface area contributed by atoms with Crippen molar-refractivity contribution in [3.8, 4) is 11.1 Å². The number of rotatable bonds is 7. The fraction of sp³-hybridized carbons (Fsp3) is 0.0833. The first-order chi connectivity index (χ1) is 17.1. The van der Waals surface area contributed by atoms with Crippen molar-refractivity contribution in [1.29, 1.82) is 5.41 Å². The van der Waals surface area contributed by atoms with E-state index in [1.54, 1.807) is 18.4 Å². The lowest BCUT2D eigenvalue weighted by Gasteiger charge is -2.15. The van der Waals surface area contributed by atoms with Gasteiger partial charge >= 0.3 is 0 Å². The molecule has 0 radical (unpaired) electrons. The van der Waals surface area contributed by atoms with Crippen LogP contribution in [0.2, 0.25) is 5.15 Å². The van der Waals surface area contributed by atoms with Crippen LogP contribution in [0.1, 0.15) is 32.1 Å². The average molecular weight is 544 g/mol. The summed E-state index contributed by atoms with van der Waals surface area (Å²) >= 11 is 7.40. The number of amides is 1. The van der Waals surface area contributed by atoms with Gasteiger partial charge in [-0.2, -0.15) is 0 Å². The van der Waals surface area contributed by atoms with Gasteiger partial charge in [0.15, 0.2) is 0 Å². The van der Waals surface area contributed by atoms with E-state index < -0.39 is 21.2 Å². The van der Waals surface area contributed by atoms with Gasteiger partial charge in [-0.15, -0.1) is 11.3 Å². The number of aryl methyl sites for hydroxylation is 1. The number of sulfone groups is 1. The number of nitrogens with two attached hydrogens (primary N) is 1. The Morgan fingerprint density at radius 1 is 1.22 bits per heavy atom. The second kappa shape index (κ2) is 10.1. The third-order valence-corrected chi connectivity index (χ3v) is 8.06. The Morgan fingerprint density at radius 2 is 1.94 bits per heavy atom. The lowest BCUT2D eigenvalue weighted by atomic mass is 10.0. The average Bonchev–Trinajstić information content (AvgIpc) is 3.30. The number of hydrogen-bond acceptors (Lipinski definition) is 8. The predicted octanol–water partition coefficient (Wildman–Crippen LogP) is 5.44. The molecular weight excluding hydrogens is 525 g/mol. The van der Waals surface area contributed by atoms with Crippen molar-refractivity contribution in [2.75, 3.05) is 11.1 Å². The molecule has 2 heterocycles. The predicted molar refractivity (Wildman–Crippen MR) is 139 cm³/mol. The standard InChI is InChI=1S/C24H19ClFN5O3S2/c1-13-30-21(12-35-13)24(32)31-20-9-14(8-19(28)18(20)10-27)15-7-17(22(25)29-11-15)23(26)36(33,34)16-5-3-2-4-6-16/h2-12,23,27H,28H2,1H3,(H,31,32). The minimum atomic E-state index is -4.39. The van der Waals surface area contributed by atoms with E-state index in [1.165, 1.54) is 60.0 Å². The zero-order valence-electron chi connectivity index (χ0n) is 18.7. The van der Waals surface area contributed by atoms with Gasteiger partial charge in [-0.1, -0.05) is 29.8 Å². The number of aromatic nitrogens is 2. The van der Waals surface area contributed by atoms with Crippen molar-refractivity contribution < 1.29 is 17.6 Å². The van der Waals surface area contributed by atoms with Crippen LogP contribution in [-0.2, 0) is 9.84 Å². The molecule has 0 bridgehead atoms. The second-order valence-electron chi connectivity index (χ2n) is 7.66. The smallest absolute Gasteiger partial charge is 0.275 e. The highest BCUT2D eigenvalue weighted by atomic mass is 35.5. The molecule has 4 aromatic rings. The fourth-order valence-electron chi connectivity index (χ4n) is 3.44. The molecule has 0 aliphatic rings. The molecule has 0 spiro atoms. The Labute approximate surface area is 215 Å². The summed E-state index contributed by atoms with van der Waals surface area (Å²) < 4.78 is 41.0. The van der Waals surface area contributed by atoms with Crippen molar-refractivity contribution in [3.63, 3.8) is 0 Å². The number of carbonyl (C=O) groups is 1. The van der Waals surface area contributed by atoms with Crippen LogP contribution in [0.3, 0.4) is 0 Å². The minimum absolute atomic E-state index is 0.164. The van der Waals surface area contributed by atoms with Crippen molar-refractivity contribution in [3.05, 3.63) is 87.1 Å². The molecule has 0 aliphatic heterocycles. The highest BCUT2D eigenvalue weighted by molar-refractivity contribution is 7.91. The van der Waals surface area contributed by atoms with Gasteiger partial charge in [0.05, 0.1) is 15.6 Å². The number of carbonyl (C=O) groups excluding carboxylic acids is 1. The lowest BCUT2D eigenvalue weighted by Crippen LogP contribution is -2.14. The summed E-state index contributed by atoms with van der Waals surface area (Å²) in [6, 6.07) is 11.5. The Hall–Kier alpha value is -3.67. The molecule has 0 saturated carbocycles. The van der Waals surface area contributed by atoms with E-state index in [-0.39, 0.29) is 38.2 Å². The molecule has 0 fully saturated rings. The van der Waals surface area contributed by atoms with Crippen LogP contribution in [0.25, 0.3) is 11.1 Å². The van der Waals surface area contributed by atoms with Gasteiger partial charge in [-0.25, -0.2) is 22.8 Å². The van der Waals surface area contributed by atoms with E-state index >= 15 is 4.39 Å². The first kappa shape index (κ1) is 25.4. The molecule has 184 valence electrons. The molecule has 4 N–H and O–H groups in total. The van der Waals surface area contributed by atoms with Crippen LogP contribution >= 0.6 is 22.9 Å². The molecule has 0 aliphatic carbocycles. The number of nitrogen functional groups attached to an aromatic ring is 1. The summed E-state index contributed by atoms with van der Waals surface area (Å²) in [5.41, 5.74) is 4.89. The van der Waals surface area contributed by atoms with Crippen LogP contribution in [0.5, 0.6) is 0 Å². The van der Waals surface area contributed by atoms with Gasteiger partial charge in [0, 0.05) is 40.2 Å². The number of anilines is 2. The molecule has 12 heteroatoms. The topological polar surface area (TPSA) is 139 Å². The molecule has 1 amide bonds. The van der Waals surface area contributed by atoms with Gasteiger partial charge in [-0.3, -0.25) is 4.79 Å². The quantitative estimate of drug-likeness (QED) is 0.161. The fourth-order valence-corrected chi connectivity index (χ4v) is 5.59. The van der Waals surface area contributed by atoms with Gasteiger partial charge in [0.2, 0.25) is 15.3 Å². The maximum absolute atomic E-state index is 15.4. The first-order valence-electron chi connectivity index (χ1n) is 10.4. The molecule has 1 atom stereocenters. The van der Waals surface area contributed by atoms with E-state index in [0.29, 0.717) is 16.1 Å². The summed E-state index contributed by atoms with van der Waals surface area (Å²) in [5.74, 6) is -0.494. The number of thiazole rings is 1. The summed E-state index contributed by atoms with van der Waals surface area (Å²) in [6.45, 7) is 1.77. The molecule has 1 unspecified atom stereocenters. The van der Waals surface area contributed by atoms with Crippen LogP contribution in [0.15, 0.2) is 65.0 Å². The van der Waals surface area contributed by atoms with Crippen molar-refractivity contribution in [1.82, 2.24) is 9.97 Å². The summed E-state index contributed by atoms with van der Waals surface area (Å²) in [7, 11) is -4.39. The number of pyridine rings is 1. The molecular formula is C24H19ClFN5O3S2. The van der Waals surface area contributed by atoms with Gasteiger partial charge in [0.25, 0.3) is 5.91 Å². The number of nitrogens with one attached hydrogen (secondary N) is 2. The number of halogens is 2. The first-order valence-corrected chi connectivity index (χ1v) is 13.2. The third kappa shape index (κ3) is 4.99. The van der Waals surface area contributed by atoms with E-state index in [9.17, 15) is 13.2 Å². The summed E-state index contributed by atoms with van der Waals surface area (Å²) in [6.07, 6.45) is 2.33. The maximum atomic E-state index is 15.4. The van der Waals surface area contributed by atoms with Crippen molar-refractivity contribution in [2.45, 2.75) is 17.3 Å². The van der Waals surface area contributed by atoms with E-state index in [0.717, 1.165) is 6.21 Å². The second-order valence-corrected chi connectivity index (χ2v) is 11.1. The van der Waals surface area contributed by atoms with Crippen molar-refractivity contribution in [2.24, 2.45) is 0 Å². The number of nitrogens with zero attached hydrogens (tertiary/aromatic N) is 2. The largest absolute Gasteiger partial charge is 0.398 e. The third-order valence-electron chi connectivity index (χ3n) is 5.24.